The molecule has 12 nitrogen and oxygen atoms in total. The molecule has 2 aromatic heterocycles. The summed E-state index contributed by atoms with van der Waals surface area (Å²) in [5, 5.41) is 16.8. The van der Waals surface area contributed by atoms with Gasteiger partial charge < -0.3 is 24.9 Å². The molecule has 1 atom stereocenters. The number of nitrogens with one attached hydrogen (secondary N) is 2. The number of anilines is 1. The van der Waals surface area contributed by atoms with E-state index >= 15 is 0 Å². The normalized spacial score (nSPS) is 17.5. The van der Waals surface area contributed by atoms with Gasteiger partial charge in [-0.05, 0) is 54.7 Å². The molecule has 1 aromatic carbocycles. The van der Waals surface area contributed by atoms with Gasteiger partial charge in [0.15, 0.2) is 12.2 Å². The van der Waals surface area contributed by atoms with E-state index < -0.39 is 16.1 Å². The molecule has 0 spiro atoms. The molecule has 220 valence electrons. The van der Waals surface area contributed by atoms with Crippen LogP contribution >= 0.6 is 0 Å². The molecule has 1 saturated heterocycles. The number of β-amino-alcohol motifs (C(OH)–C–C–N with tert-alkyl or cyclic N) is 1. The first-order valence-electron chi connectivity index (χ1n) is 13.7. The largest absolute Gasteiger partial charge is 0.486 e. The summed E-state index contributed by atoms with van der Waals surface area (Å²) in [5.41, 5.74) is 2.86. The van der Waals surface area contributed by atoms with Crippen LogP contribution in [0.5, 0.6) is 5.75 Å². The van der Waals surface area contributed by atoms with Gasteiger partial charge in [-0.25, -0.2) is 22.7 Å². The van der Waals surface area contributed by atoms with Gasteiger partial charge in [-0.3, -0.25) is 9.69 Å². The number of aliphatic hydroxyl groups excluding tert-OH is 1. The van der Waals surface area contributed by atoms with Gasteiger partial charge in [-0.2, -0.15) is 0 Å². The van der Waals surface area contributed by atoms with E-state index in [2.05, 4.69) is 37.6 Å². The van der Waals surface area contributed by atoms with Crippen molar-refractivity contribution in [1.82, 2.24) is 24.5 Å². The number of piperidine rings is 1. The van der Waals surface area contributed by atoms with Crippen LogP contribution in [0.1, 0.15) is 40.1 Å². The molecule has 0 saturated carbocycles. The van der Waals surface area contributed by atoms with Gasteiger partial charge in [0.2, 0.25) is 10.0 Å². The van der Waals surface area contributed by atoms with Gasteiger partial charge in [0.1, 0.15) is 18.2 Å². The predicted molar refractivity (Wildman–Crippen MR) is 152 cm³/mol. The minimum Gasteiger partial charge on any atom is -0.486 e. The fourth-order valence-electron chi connectivity index (χ4n) is 5.17. The Morgan fingerprint density at radius 1 is 1.20 bits per heavy atom. The lowest BCUT2D eigenvalue weighted by atomic mass is 9.99. The van der Waals surface area contributed by atoms with Crippen LogP contribution in [0.15, 0.2) is 53.5 Å². The number of rotatable bonds is 11. The topological polar surface area (TPSA) is 150 Å². The summed E-state index contributed by atoms with van der Waals surface area (Å²) in [7, 11) is -3.18. The molecule has 0 radical (unpaired) electrons. The number of carbonyl (C=O) groups excluding carboxylic acids is 1. The second-order valence-corrected chi connectivity index (χ2v) is 12.5. The Bertz CT molecular complexity index is 1430. The summed E-state index contributed by atoms with van der Waals surface area (Å²) in [6.45, 7) is 3.32. The summed E-state index contributed by atoms with van der Waals surface area (Å²) >= 11 is 0. The van der Waals surface area contributed by atoms with Crippen LogP contribution in [0.4, 0.5) is 5.82 Å². The monoisotopic (exact) mass is 584 g/mol. The number of aromatic nitrogens is 2. The minimum atomic E-state index is -3.18. The predicted octanol–water partition coefficient (Wildman–Crippen LogP) is 1.63. The van der Waals surface area contributed by atoms with Gasteiger partial charge in [-0.1, -0.05) is 6.07 Å². The smallest absolute Gasteiger partial charge is 0.251 e. The number of benzene rings is 1. The molecule has 0 bridgehead atoms. The van der Waals surface area contributed by atoms with Crippen molar-refractivity contribution in [3.63, 3.8) is 0 Å². The number of fused-ring (bicyclic) bond motifs is 1. The summed E-state index contributed by atoms with van der Waals surface area (Å²) in [5.74, 6) is 1.72. The number of aliphatic hydroxyl groups is 1. The maximum Gasteiger partial charge on any atom is 0.251 e. The lowest BCUT2D eigenvalue weighted by Gasteiger charge is -2.31. The molecule has 41 heavy (non-hydrogen) atoms. The van der Waals surface area contributed by atoms with E-state index in [-0.39, 0.29) is 18.5 Å². The number of pyridine rings is 1. The second kappa shape index (κ2) is 13.0. The first-order chi connectivity index (χ1) is 19.7. The zero-order valence-electron chi connectivity index (χ0n) is 23.0. The third-order valence-electron chi connectivity index (χ3n) is 7.40. The lowest BCUT2D eigenvalue weighted by Crippen LogP contribution is -2.42. The number of hydrogen-bond donors (Lipinski definition) is 3. The van der Waals surface area contributed by atoms with Crippen LogP contribution in [-0.4, -0.2) is 89.7 Å². The highest BCUT2D eigenvalue weighted by molar-refractivity contribution is 7.88. The average molecular weight is 585 g/mol. The molecular formula is C28H36N6O6S. The van der Waals surface area contributed by atoms with Crippen molar-refractivity contribution in [2.45, 2.75) is 44.6 Å². The number of carbonyl (C=O) groups is 1. The molecule has 13 heteroatoms. The Balaban J connectivity index is 1.05. The molecule has 2 aliphatic heterocycles. The molecule has 1 unspecified atom stereocenters. The SMILES string of the molecule is CS(=O)(=O)N1CCC(Nc2cc(C(=O)NCC(O)CN3CCc4cc(OCc5cnco5)ccc4C3)ccn2)CC1. The number of sulfonamides is 1. The van der Waals surface area contributed by atoms with Crippen molar-refractivity contribution in [1.29, 1.82) is 0 Å². The highest BCUT2D eigenvalue weighted by Crippen LogP contribution is 2.25. The van der Waals surface area contributed by atoms with E-state index in [1.54, 1.807) is 24.5 Å². The molecule has 4 heterocycles. The number of ether oxygens (including phenoxy) is 1. The zero-order valence-corrected chi connectivity index (χ0v) is 23.8. The van der Waals surface area contributed by atoms with E-state index in [9.17, 15) is 18.3 Å². The van der Waals surface area contributed by atoms with Crippen molar-refractivity contribution >= 4 is 21.7 Å². The van der Waals surface area contributed by atoms with Crippen molar-refractivity contribution in [3.05, 3.63) is 71.6 Å². The molecule has 3 N–H and O–H groups in total. The molecule has 3 aromatic rings. The summed E-state index contributed by atoms with van der Waals surface area (Å²) < 4.78 is 35.9. The molecule has 2 aliphatic rings. The van der Waals surface area contributed by atoms with Gasteiger partial charge >= 0.3 is 0 Å². The third-order valence-corrected chi connectivity index (χ3v) is 8.70. The molecule has 0 aliphatic carbocycles. The summed E-state index contributed by atoms with van der Waals surface area (Å²) in [4.78, 5) is 23.2. The van der Waals surface area contributed by atoms with E-state index in [0.717, 1.165) is 18.7 Å². The van der Waals surface area contributed by atoms with Gasteiger partial charge in [0.25, 0.3) is 5.91 Å². The minimum absolute atomic E-state index is 0.0775. The van der Waals surface area contributed by atoms with E-state index in [1.807, 2.05) is 6.07 Å². The highest BCUT2D eigenvalue weighted by atomic mass is 32.2. The molecule has 1 fully saturated rings. The molecule has 5 rings (SSSR count). The second-order valence-electron chi connectivity index (χ2n) is 10.5. The van der Waals surface area contributed by atoms with Crippen molar-refractivity contribution in [2.75, 3.05) is 44.3 Å². The number of amides is 1. The van der Waals surface area contributed by atoms with Gasteiger partial charge in [-0.15, -0.1) is 0 Å². The average Bonchev–Trinajstić information content (AvgIpc) is 3.49. The number of oxazole rings is 1. The van der Waals surface area contributed by atoms with Crippen LogP contribution in [0.25, 0.3) is 0 Å². The van der Waals surface area contributed by atoms with Crippen molar-refractivity contribution < 1.29 is 27.5 Å². The Labute approximate surface area is 239 Å². The fourth-order valence-corrected chi connectivity index (χ4v) is 6.04. The Hall–Kier alpha value is -3.52. The first kappa shape index (κ1) is 29.0. The van der Waals surface area contributed by atoms with Crippen LogP contribution in [-0.2, 0) is 29.6 Å². The Morgan fingerprint density at radius 2 is 2.02 bits per heavy atom. The van der Waals surface area contributed by atoms with E-state index in [1.165, 1.54) is 28.1 Å². The van der Waals surface area contributed by atoms with Gasteiger partial charge in [0.05, 0.1) is 18.6 Å². The molecule has 1 amide bonds. The van der Waals surface area contributed by atoms with Crippen LogP contribution in [0, 0.1) is 0 Å². The summed E-state index contributed by atoms with van der Waals surface area (Å²) in [6, 6.07) is 9.42. The quantitative estimate of drug-likeness (QED) is 0.304. The number of nitrogens with zero attached hydrogens (tertiary/aromatic N) is 4. The lowest BCUT2D eigenvalue weighted by molar-refractivity contribution is 0.0841. The van der Waals surface area contributed by atoms with E-state index in [4.69, 9.17) is 9.15 Å². The van der Waals surface area contributed by atoms with Crippen molar-refractivity contribution in [2.24, 2.45) is 0 Å². The number of hydrogen-bond acceptors (Lipinski definition) is 10. The first-order valence-corrected chi connectivity index (χ1v) is 15.6. The fraction of sp³-hybridized carbons (Fsp3) is 0.464. The maximum absolute atomic E-state index is 12.8. The van der Waals surface area contributed by atoms with Crippen LogP contribution in [0.2, 0.25) is 0 Å². The van der Waals surface area contributed by atoms with Crippen LogP contribution in [0.3, 0.4) is 0 Å². The third kappa shape index (κ3) is 8.03. The van der Waals surface area contributed by atoms with E-state index in [0.29, 0.717) is 62.8 Å². The van der Waals surface area contributed by atoms with Crippen molar-refractivity contribution in [3.8, 4) is 5.75 Å². The Kier molecular flexibility index (Phi) is 9.18. The standard InChI is InChI=1S/C28H36N6O6S/c1-41(37,38)34-10-6-23(7-11-34)32-27-13-21(4-8-30-27)28(36)31-14-24(35)17-33-9-5-20-12-25(3-2-22(20)16-33)39-18-26-15-29-19-40-26/h2-4,8,12-13,15,19,23-24,35H,5-7,9-11,14,16-18H2,1H3,(H,30,32)(H,31,36). The van der Waals surface area contributed by atoms with Gasteiger partial charge in [0, 0.05) is 57.1 Å². The Morgan fingerprint density at radius 3 is 2.78 bits per heavy atom. The maximum atomic E-state index is 12.8. The van der Waals surface area contributed by atoms with Crippen LogP contribution < -0.4 is 15.4 Å². The summed E-state index contributed by atoms with van der Waals surface area (Å²) in [6.07, 6.45) is 7.25. The molecular weight excluding hydrogens is 548 g/mol. The highest BCUT2D eigenvalue weighted by Gasteiger charge is 2.25. The zero-order chi connectivity index (χ0) is 28.8.